The number of methoxy groups -OCH3 is 1. The number of carboxylic acids is 1. The van der Waals surface area contributed by atoms with Gasteiger partial charge in [0.1, 0.15) is 5.75 Å². The predicted molar refractivity (Wildman–Crippen MR) is 116 cm³/mol. The molecule has 150 valence electrons. The van der Waals surface area contributed by atoms with E-state index in [1.54, 1.807) is 7.11 Å². The summed E-state index contributed by atoms with van der Waals surface area (Å²) in [5, 5.41) is 10.2. The van der Waals surface area contributed by atoms with Crippen molar-refractivity contribution in [3.05, 3.63) is 59.5 Å². The van der Waals surface area contributed by atoms with Gasteiger partial charge in [0.05, 0.1) is 24.9 Å². The van der Waals surface area contributed by atoms with Crippen LogP contribution in [0.3, 0.4) is 0 Å². The Morgan fingerprint density at radius 1 is 1.03 bits per heavy atom. The van der Waals surface area contributed by atoms with Gasteiger partial charge in [-0.3, -0.25) is 4.79 Å². The second-order valence-electron chi connectivity index (χ2n) is 6.85. The molecule has 0 radical (unpaired) electrons. The number of carbonyl (C=O) groups is 1. The summed E-state index contributed by atoms with van der Waals surface area (Å²) in [4.78, 5) is 21.5. The fraction of sp³-hybridized carbons (Fsp3) is 0.273. The number of benzene rings is 2. The molecule has 0 saturated carbocycles. The van der Waals surface area contributed by atoms with Crippen molar-refractivity contribution in [2.45, 2.75) is 6.42 Å². The Morgan fingerprint density at radius 2 is 1.69 bits per heavy atom. The lowest BCUT2D eigenvalue weighted by Gasteiger charge is -2.36. The highest BCUT2D eigenvalue weighted by Crippen LogP contribution is 2.35. The zero-order valence-corrected chi connectivity index (χ0v) is 17.1. The molecule has 7 heteroatoms. The van der Waals surface area contributed by atoms with Crippen molar-refractivity contribution in [3.63, 3.8) is 0 Å². The van der Waals surface area contributed by atoms with E-state index < -0.39 is 5.97 Å². The van der Waals surface area contributed by atoms with E-state index in [4.69, 9.17) is 9.72 Å². The van der Waals surface area contributed by atoms with Gasteiger partial charge in [-0.1, -0.05) is 42.5 Å². The number of carboxylic acid groups (broad SMARTS) is 1. The summed E-state index contributed by atoms with van der Waals surface area (Å²) in [5.41, 5.74) is 2.84. The Kier molecular flexibility index (Phi) is 5.67. The minimum atomic E-state index is -0.835. The summed E-state index contributed by atoms with van der Waals surface area (Å²) in [6.07, 6.45) is -0.0108. The number of aliphatic carboxylic acids is 1. The molecule has 2 heterocycles. The molecule has 3 aromatic rings. The summed E-state index contributed by atoms with van der Waals surface area (Å²) < 4.78 is 5.49. The average Bonchev–Trinajstić information content (AvgIpc) is 3.17. The lowest BCUT2D eigenvalue weighted by atomic mass is 10.1. The molecule has 2 aromatic carbocycles. The molecule has 0 aliphatic carbocycles. The van der Waals surface area contributed by atoms with E-state index >= 15 is 0 Å². The number of hydrogen-bond acceptors (Lipinski definition) is 6. The number of piperazine rings is 1. The second kappa shape index (κ2) is 8.53. The van der Waals surface area contributed by atoms with Gasteiger partial charge in [0.15, 0.2) is 5.13 Å². The molecule has 1 fully saturated rings. The third kappa shape index (κ3) is 4.19. The average molecular weight is 410 g/mol. The van der Waals surface area contributed by atoms with Crippen LogP contribution in [0, 0.1) is 0 Å². The van der Waals surface area contributed by atoms with Gasteiger partial charge in [0.25, 0.3) is 0 Å². The van der Waals surface area contributed by atoms with Crippen molar-refractivity contribution in [1.29, 1.82) is 0 Å². The number of hydrogen-bond donors (Lipinski definition) is 1. The molecule has 6 nitrogen and oxygen atoms in total. The van der Waals surface area contributed by atoms with E-state index in [-0.39, 0.29) is 6.42 Å². The van der Waals surface area contributed by atoms with Crippen molar-refractivity contribution in [2.75, 3.05) is 43.1 Å². The lowest BCUT2D eigenvalue weighted by molar-refractivity contribution is -0.136. The van der Waals surface area contributed by atoms with Gasteiger partial charge in [-0.05, 0) is 12.1 Å². The Balaban J connectivity index is 1.54. The van der Waals surface area contributed by atoms with Crippen molar-refractivity contribution in [1.82, 2.24) is 4.98 Å². The quantitative estimate of drug-likeness (QED) is 0.669. The van der Waals surface area contributed by atoms with Gasteiger partial charge >= 0.3 is 5.97 Å². The Hall–Kier alpha value is -3.06. The number of thiazole rings is 1. The van der Waals surface area contributed by atoms with Crippen LogP contribution < -0.4 is 14.5 Å². The van der Waals surface area contributed by atoms with Crippen LogP contribution in [-0.2, 0) is 11.2 Å². The topological polar surface area (TPSA) is 65.9 Å². The summed E-state index contributed by atoms with van der Waals surface area (Å²) in [7, 11) is 1.69. The minimum absolute atomic E-state index is 0.0108. The van der Waals surface area contributed by atoms with Crippen LogP contribution in [0.1, 0.15) is 4.88 Å². The van der Waals surface area contributed by atoms with Gasteiger partial charge < -0.3 is 19.6 Å². The van der Waals surface area contributed by atoms with E-state index in [1.165, 1.54) is 11.3 Å². The number of anilines is 2. The van der Waals surface area contributed by atoms with E-state index in [0.717, 1.165) is 58.9 Å². The van der Waals surface area contributed by atoms with Crippen LogP contribution in [-0.4, -0.2) is 49.3 Å². The van der Waals surface area contributed by atoms with Crippen LogP contribution in [0.2, 0.25) is 0 Å². The van der Waals surface area contributed by atoms with Crippen molar-refractivity contribution < 1.29 is 14.6 Å². The van der Waals surface area contributed by atoms with E-state index in [0.29, 0.717) is 0 Å². The fourth-order valence-electron chi connectivity index (χ4n) is 3.58. The van der Waals surface area contributed by atoms with Crippen molar-refractivity contribution >= 4 is 28.1 Å². The molecule has 0 amide bonds. The van der Waals surface area contributed by atoms with E-state index in [2.05, 4.69) is 15.9 Å². The van der Waals surface area contributed by atoms with Crippen LogP contribution in [0.15, 0.2) is 54.6 Å². The third-order valence-electron chi connectivity index (χ3n) is 5.02. The van der Waals surface area contributed by atoms with Gasteiger partial charge in [-0.15, -0.1) is 11.3 Å². The van der Waals surface area contributed by atoms with Gasteiger partial charge in [-0.2, -0.15) is 0 Å². The molecule has 4 rings (SSSR count). The van der Waals surface area contributed by atoms with E-state index in [9.17, 15) is 9.90 Å². The largest absolute Gasteiger partial charge is 0.495 e. The number of ether oxygens (including phenoxy) is 1. The number of nitrogens with zero attached hydrogens (tertiary/aromatic N) is 3. The monoisotopic (exact) mass is 409 g/mol. The van der Waals surface area contributed by atoms with Crippen LogP contribution in [0.5, 0.6) is 5.75 Å². The molecule has 1 N–H and O–H groups in total. The smallest absolute Gasteiger partial charge is 0.308 e. The normalized spacial score (nSPS) is 14.1. The first-order valence-electron chi connectivity index (χ1n) is 9.55. The zero-order chi connectivity index (χ0) is 20.2. The molecule has 1 aromatic heterocycles. The summed E-state index contributed by atoms with van der Waals surface area (Å²) >= 11 is 1.48. The molecule has 1 aliphatic rings. The highest BCUT2D eigenvalue weighted by molar-refractivity contribution is 7.16. The number of rotatable bonds is 6. The maximum Gasteiger partial charge on any atom is 0.308 e. The summed E-state index contributed by atoms with van der Waals surface area (Å²) in [6.45, 7) is 3.36. The molecular weight excluding hydrogens is 386 g/mol. The summed E-state index contributed by atoms with van der Waals surface area (Å²) in [5.74, 6) is 0.0451. The molecule has 0 spiro atoms. The highest BCUT2D eigenvalue weighted by atomic mass is 32.1. The molecule has 1 saturated heterocycles. The third-order valence-corrected chi connectivity index (χ3v) is 6.14. The van der Waals surface area contributed by atoms with Gasteiger partial charge in [0.2, 0.25) is 0 Å². The second-order valence-corrected chi connectivity index (χ2v) is 7.91. The first kappa shape index (κ1) is 19.3. The maximum absolute atomic E-state index is 11.3. The molecule has 29 heavy (non-hydrogen) atoms. The van der Waals surface area contributed by atoms with Crippen LogP contribution in [0.4, 0.5) is 10.8 Å². The van der Waals surface area contributed by atoms with Crippen molar-refractivity contribution in [2.24, 2.45) is 0 Å². The first-order valence-corrected chi connectivity index (χ1v) is 10.4. The maximum atomic E-state index is 11.3. The van der Waals surface area contributed by atoms with Crippen LogP contribution in [0.25, 0.3) is 11.3 Å². The SMILES string of the molecule is COc1ccccc1N1CCN(c2nc(-c3ccccc3)c(CC(=O)O)s2)CC1. The minimum Gasteiger partial charge on any atom is -0.495 e. The standard InChI is InChI=1S/C22H23N3O3S/c1-28-18-10-6-5-9-17(18)24-11-13-25(14-12-24)22-23-21(16-7-3-2-4-8-16)19(29-22)15-20(26)27/h2-10H,11-15H2,1H3,(H,26,27). The first-order chi connectivity index (χ1) is 14.2. The number of para-hydroxylation sites is 2. The predicted octanol–water partition coefficient (Wildman–Crippen LogP) is 3.77. The Morgan fingerprint density at radius 3 is 2.38 bits per heavy atom. The molecule has 1 aliphatic heterocycles. The lowest BCUT2D eigenvalue weighted by Crippen LogP contribution is -2.46. The van der Waals surface area contributed by atoms with E-state index in [1.807, 2.05) is 48.5 Å². The van der Waals surface area contributed by atoms with Gasteiger partial charge in [0, 0.05) is 36.6 Å². The highest BCUT2D eigenvalue weighted by Gasteiger charge is 2.24. The molecule has 0 unspecified atom stereocenters. The molecule has 0 bridgehead atoms. The Bertz CT molecular complexity index is 982. The van der Waals surface area contributed by atoms with Crippen LogP contribution >= 0.6 is 11.3 Å². The van der Waals surface area contributed by atoms with Gasteiger partial charge in [-0.25, -0.2) is 4.98 Å². The Labute approximate surface area is 174 Å². The molecule has 0 atom stereocenters. The fourth-order valence-corrected chi connectivity index (χ4v) is 4.71. The van der Waals surface area contributed by atoms with Crippen molar-refractivity contribution in [3.8, 4) is 17.0 Å². The zero-order valence-electron chi connectivity index (χ0n) is 16.2. The number of aromatic nitrogens is 1. The summed E-state index contributed by atoms with van der Waals surface area (Å²) in [6, 6.07) is 17.9. The molecular formula is C22H23N3O3S.